The third kappa shape index (κ3) is 5.58. The van der Waals surface area contributed by atoms with E-state index in [0.717, 1.165) is 25.8 Å². The first-order valence-corrected chi connectivity index (χ1v) is 11.4. The number of ether oxygens (including phenoxy) is 1. The number of amides is 1. The molecule has 22 heavy (non-hydrogen) atoms. The number of piperidine rings is 1. The van der Waals surface area contributed by atoms with Crippen molar-refractivity contribution >= 4 is 14.4 Å². The summed E-state index contributed by atoms with van der Waals surface area (Å²) >= 11 is 0. The van der Waals surface area contributed by atoms with E-state index in [4.69, 9.17) is 9.16 Å². The van der Waals surface area contributed by atoms with Crippen molar-refractivity contribution in [3.63, 3.8) is 0 Å². The Hall–Kier alpha value is -0.553. The van der Waals surface area contributed by atoms with Gasteiger partial charge in [-0.1, -0.05) is 20.8 Å². The second kappa shape index (κ2) is 6.91. The molecule has 1 amide bonds. The molecule has 1 fully saturated rings. The maximum Gasteiger partial charge on any atom is 0.410 e. The van der Waals surface area contributed by atoms with Crippen LogP contribution in [0.3, 0.4) is 0 Å². The zero-order valence-electron chi connectivity index (χ0n) is 15.8. The van der Waals surface area contributed by atoms with Crippen molar-refractivity contribution in [2.75, 3.05) is 13.2 Å². The Labute approximate surface area is 137 Å². The van der Waals surface area contributed by atoms with E-state index < -0.39 is 13.9 Å². The molecule has 1 unspecified atom stereocenters. The van der Waals surface area contributed by atoms with Crippen molar-refractivity contribution in [2.45, 2.75) is 90.6 Å². The average Bonchev–Trinajstić information content (AvgIpc) is 2.33. The van der Waals surface area contributed by atoms with E-state index in [1.807, 2.05) is 25.7 Å². The predicted molar refractivity (Wildman–Crippen MR) is 93.7 cm³/mol. The summed E-state index contributed by atoms with van der Waals surface area (Å²) in [6.45, 7) is 18.4. The van der Waals surface area contributed by atoms with Crippen molar-refractivity contribution in [2.24, 2.45) is 0 Å². The normalized spacial score (nSPS) is 20.9. The lowest BCUT2D eigenvalue weighted by Gasteiger charge is -2.41. The minimum atomic E-state index is -1.78. The third-order valence-electron chi connectivity index (χ3n) is 4.70. The molecule has 0 aliphatic carbocycles. The fourth-order valence-electron chi connectivity index (χ4n) is 2.26. The van der Waals surface area contributed by atoms with Crippen LogP contribution in [-0.4, -0.2) is 44.1 Å². The monoisotopic (exact) mass is 329 g/mol. The molecular formula is C17H35NO3Si. The topological polar surface area (TPSA) is 38.8 Å². The summed E-state index contributed by atoms with van der Waals surface area (Å²) in [4.78, 5) is 14.3. The van der Waals surface area contributed by atoms with Crippen LogP contribution in [0.4, 0.5) is 4.79 Å². The standard InChI is InChI=1S/C17H35NO3Si/c1-16(2,3)21-15(19)18-12-10-9-11-14(18)13-20-22(7,8)17(4,5)6/h14H,9-13H2,1-8H3. The van der Waals surface area contributed by atoms with E-state index in [0.29, 0.717) is 6.61 Å². The smallest absolute Gasteiger partial charge is 0.410 e. The Morgan fingerprint density at radius 3 is 2.23 bits per heavy atom. The molecule has 130 valence electrons. The predicted octanol–water partition coefficient (Wildman–Crippen LogP) is 4.80. The quantitative estimate of drug-likeness (QED) is 0.698. The van der Waals surface area contributed by atoms with Gasteiger partial charge in [0, 0.05) is 6.54 Å². The molecule has 0 spiro atoms. The highest BCUT2D eigenvalue weighted by Gasteiger charge is 2.39. The van der Waals surface area contributed by atoms with Crippen molar-refractivity contribution in [1.29, 1.82) is 0 Å². The van der Waals surface area contributed by atoms with Crippen molar-refractivity contribution < 1.29 is 14.0 Å². The molecule has 1 saturated heterocycles. The zero-order valence-corrected chi connectivity index (χ0v) is 16.8. The molecule has 4 nitrogen and oxygen atoms in total. The number of carbonyl (C=O) groups is 1. The van der Waals surface area contributed by atoms with E-state index in [1.54, 1.807) is 0 Å². The minimum absolute atomic E-state index is 0.151. The van der Waals surface area contributed by atoms with E-state index in [-0.39, 0.29) is 17.2 Å². The van der Waals surface area contributed by atoms with E-state index in [1.165, 1.54) is 0 Å². The summed E-state index contributed by atoms with van der Waals surface area (Å²) in [5.41, 5.74) is -0.445. The molecule has 0 N–H and O–H groups in total. The van der Waals surface area contributed by atoms with Gasteiger partial charge in [-0.05, 0) is 58.2 Å². The first-order valence-electron chi connectivity index (χ1n) is 8.47. The number of likely N-dealkylation sites (tertiary alicyclic amines) is 1. The molecule has 1 heterocycles. The fraction of sp³-hybridized carbons (Fsp3) is 0.941. The lowest BCUT2D eigenvalue weighted by molar-refractivity contribution is 0.00273. The Bertz CT molecular complexity index is 382. The van der Waals surface area contributed by atoms with Gasteiger partial charge >= 0.3 is 6.09 Å². The Balaban J connectivity index is 2.68. The minimum Gasteiger partial charge on any atom is -0.444 e. The Kier molecular flexibility index (Phi) is 6.12. The van der Waals surface area contributed by atoms with Gasteiger partial charge in [-0.15, -0.1) is 0 Å². The maximum absolute atomic E-state index is 12.4. The summed E-state index contributed by atoms with van der Waals surface area (Å²) in [6.07, 6.45) is 3.02. The van der Waals surface area contributed by atoms with Crippen LogP contribution >= 0.6 is 0 Å². The molecule has 0 radical (unpaired) electrons. The summed E-state index contributed by atoms with van der Waals surface area (Å²) < 4.78 is 11.9. The van der Waals surface area contributed by atoms with Gasteiger partial charge in [0.25, 0.3) is 0 Å². The second-order valence-corrected chi connectivity index (χ2v) is 13.7. The van der Waals surface area contributed by atoms with Gasteiger partial charge in [0.15, 0.2) is 8.32 Å². The molecule has 0 bridgehead atoms. The lowest BCUT2D eigenvalue weighted by atomic mass is 10.0. The van der Waals surface area contributed by atoms with Gasteiger partial charge in [-0.2, -0.15) is 0 Å². The Morgan fingerprint density at radius 2 is 1.73 bits per heavy atom. The molecule has 1 atom stereocenters. The van der Waals surface area contributed by atoms with E-state index >= 15 is 0 Å². The molecule has 1 aliphatic rings. The molecule has 0 aromatic carbocycles. The van der Waals surface area contributed by atoms with Gasteiger partial charge in [-0.3, -0.25) is 0 Å². The highest BCUT2D eigenvalue weighted by atomic mass is 28.4. The third-order valence-corrected chi connectivity index (χ3v) is 9.20. The first-order chi connectivity index (χ1) is 9.83. The molecule has 0 saturated carbocycles. The average molecular weight is 330 g/mol. The van der Waals surface area contributed by atoms with Crippen molar-refractivity contribution in [1.82, 2.24) is 4.90 Å². The van der Waals surface area contributed by atoms with Gasteiger partial charge < -0.3 is 14.1 Å². The summed E-state index contributed by atoms with van der Waals surface area (Å²) in [5.74, 6) is 0. The van der Waals surface area contributed by atoms with Crippen LogP contribution in [0.1, 0.15) is 60.8 Å². The lowest BCUT2D eigenvalue weighted by Crippen LogP contribution is -2.51. The molecule has 1 rings (SSSR count). The largest absolute Gasteiger partial charge is 0.444 e. The van der Waals surface area contributed by atoms with Gasteiger partial charge in [0.05, 0.1) is 12.6 Å². The van der Waals surface area contributed by atoms with Crippen LogP contribution in [0.25, 0.3) is 0 Å². The number of nitrogens with zero attached hydrogens (tertiary/aromatic N) is 1. The van der Waals surface area contributed by atoms with Gasteiger partial charge in [0.2, 0.25) is 0 Å². The highest BCUT2D eigenvalue weighted by Crippen LogP contribution is 2.37. The summed E-state index contributed by atoms with van der Waals surface area (Å²) in [7, 11) is -1.78. The van der Waals surface area contributed by atoms with Crippen LogP contribution in [0.15, 0.2) is 0 Å². The summed E-state index contributed by atoms with van der Waals surface area (Å²) in [5, 5.41) is 0.193. The van der Waals surface area contributed by atoms with Crippen molar-refractivity contribution in [3.05, 3.63) is 0 Å². The number of hydrogen-bond acceptors (Lipinski definition) is 3. The highest BCUT2D eigenvalue weighted by molar-refractivity contribution is 6.74. The molecular weight excluding hydrogens is 294 g/mol. The SMILES string of the molecule is CC(C)(C)OC(=O)N1CCCCC1CO[Si](C)(C)C(C)(C)C. The molecule has 5 heteroatoms. The summed E-state index contributed by atoms with van der Waals surface area (Å²) in [6, 6.07) is 0.151. The zero-order chi connectivity index (χ0) is 17.2. The van der Waals surface area contributed by atoms with Crippen LogP contribution < -0.4 is 0 Å². The van der Waals surface area contributed by atoms with Crippen molar-refractivity contribution in [3.8, 4) is 0 Å². The van der Waals surface area contributed by atoms with Crippen LogP contribution in [0.2, 0.25) is 18.1 Å². The Morgan fingerprint density at radius 1 is 1.14 bits per heavy atom. The number of rotatable bonds is 3. The molecule has 0 aromatic heterocycles. The molecule has 1 aliphatic heterocycles. The fourth-order valence-corrected chi connectivity index (χ4v) is 3.30. The van der Waals surface area contributed by atoms with Crippen LogP contribution in [0.5, 0.6) is 0 Å². The van der Waals surface area contributed by atoms with E-state index in [9.17, 15) is 4.79 Å². The maximum atomic E-state index is 12.4. The van der Waals surface area contributed by atoms with Gasteiger partial charge in [-0.25, -0.2) is 4.79 Å². The number of hydrogen-bond donors (Lipinski definition) is 0. The first kappa shape index (κ1) is 19.5. The van der Waals surface area contributed by atoms with Crippen LogP contribution in [-0.2, 0) is 9.16 Å². The second-order valence-electron chi connectivity index (χ2n) is 8.89. The molecule has 0 aromatic rings. The van der Waals surface area contributed by atoms with Gasteiger partial charge in [0.1, 0.15) is 5.60 Å². The van der Waals surface area contributed by atoms with Crippen LogP contribution in [0, 0.1) is 0 Å². The number of carbonyl (C=O) groups excluding carboxylic acids is 1. The van der Waals surface area contributed by atoms with E-state index in [2.05, 4.69) is 33.9 Å².